The number of hydrogen-bond acceptors (Lipinski definition) is 3. The van der Waals surface area contributed by atoms with Crippen LogP contribution in [0.1, 0.15) is 31.2 Å². The predicted molar refractivity (Wildman–Crippen MR) is 67.3 cm³/mol. The molecule has 1 aliphatic carbocycles. The van der Waals surface area contributed by atoms with Gasteiger partial charge in [0.25, 0.3) is 0 Å². The highest BCUT2D eigenvalue weighted by atomic mass is 16.7. The Bertz CT molecular complexity index is 328. The predicted octanol–water partition coefficient (Wildman–Crippen LogP) is 2.35. The van der Waals surface area contributed by atoms with E-state index in [0.717, 1.165) is 25.8 Å². The highest BCUT2D eigenvalue weighted by Gasteiger charge is 2.29. The molecule has 2 atom stereocenters. The molecule has 17 heavy (non-hydrogen) atoms. The van der Waals surface area contributed by atoms with Gasteiger partial charge in [-0.15, -0.1) is 0 Å². The Balaban J connectivity index is 2.00. The lowest BCUT2D eigenvalue weighted by molar-refractivity contribution is -0.198. The van der Waals surface area contributed by atoms with Crippen molar-refractivity contribution in [2.75, 3.05) is 7.11 Å². The van der Waals surface area contributed by atoms with Gasteiger partial charge in [-0.25, -0.2) is 0 Å². The lowest BCUT2D eigenvalue weighted by Gasteiger charge is -2.35. The number of benzene rings is 1. The van der Waals surface area contributed by atoms with Crippen molar-refractivity contribution in [2.24, 2.45) is 0 Å². The zero-order valence-corrected chi connectivity index (χ0v) is 10.4. The fourth-order valence-electron chi connectivity index (χ4n) is 2.51. The summed E-state index contributed by atoms with van der Waals surface area (Å²) in [6.07, 6.45) is 3.95. The van der Waals surface area contributed by atoms with Gasteiger partial charge in [0, 0.05) is 6.54 Å². The summed E-state index contributed by atoms with van der Waals surface area (Å²) < 4.78 is 0. The van der Waals surface area contributed by atoms with Crippen LogP contribution in [0.2, 0.25) is 0 Å². The van der Waals surface area contributed by atoms with E-state index in [4.69, 9.17) is 4.84 Å². The number of aliphatic hydroxyl groups is 1. The average Bonchev–Trinajstić information content (AvgIpc) is 2.38. The van der Waals surface area contributed by atoms with E-state index in [2.05, 4.69) is 12.1 Å². The molecule has 0 amide bonds. The van der Waals surface area contributed by atoms with Gasteiger partial charge in [-0.3, -0.25) is 0 Å². The minimum absolute atomic E-state index is 0.133. The van der Waals surface area contributed by atoms with E-state index in [-0.39, 0.29) is 12.1 Å². The number of rotatable bonds is 4. The van der Waals surface area contributed by atoms with Gasteiger partial charge in [-0.05, 0) is 18.4 Å². The van der Waals surface area contributed by atoms with Crippen molar-refractivity contribution in [1.82, 2.24) is 5.06 Å². The molecule has 1 aromatic rings. The third-order valence-corrected chi connectivity index (χ3v) is 3.48. The molecule has 1 N–H and O–H groups in total. The largest absolute Gasteiger partial charge is 0.391 e. The molecule has 2 rings (SSSR count). The van der Waals surface area contributed by atoms with E-state index >= 15 is 0 Å². The molecule has 0 bridgehead atoms. The summed E-state index contributed by atoms with van der Waals surface area (Å²) in [7, 11) is 1.68. The number of hydrogen-bond donors (Lipinski definition) is 1. The third kappa shape index (κ3) is 3.28. The Labute approximate surface area is 103 Å². The number of aliphatic hydroxyl groups excluding tert-OH is 1. The van der Waals surface area contributed by atoms with Crippen molar-refractivity contribution in [1.29, 1.82) is 0 Å². The first-order valence-electron chi connectivity index (χ1n) is 6.34. The van der Waals surface area contributed by atoms with Gasteiger partial charge in [-0.2, -0.15) is 5.06 Å². The molecule has 3 heteroatoms. The Hall–Kier alpha value is -0.900. The van der Waals surface area contributed by atoms with E-state index in [1.54, 1.807) is 7.11 Å². The molecule has 0 saturated heterocycles. The molecule has 3 nitrogen and oxygen atoms in total. The van der Waals surface area contributed by atoms with Gasteiger partial charge in [0.15, 0.2) is 0 Å². The summed E-state index contributed by atoms with van der Waals surface area (Å²) in [4.78, 5) is 5.44. The standard InChI is InChI=1S/C14H21NO2/c1-17-15(11-12-7-3-2-4-8-12)13-9-5-6-10-14(13)16/h2-4,7-8,13-14,16H,5-6,9-11H2,1H3. The Morgan fingerprint density at radius 1 is 1.24 bits per heavy atom. The fourth-order valence-corrected chi connectivity index (χ4v) is 2.51. The van der Waals surface area contributed by atoms with Crippen LogP contribution in [0.15, 0.2) is 30.3 Å². The minimum atomic E-state index is -0.257. The Morgan fingerprint density at radius 2 is 1.94 bits per heavy atom. The molecule has 0 radical (unpaired) electrons. The van der Waals surface area contributed by atoms with Crippen molar-refractivity contribution in [3.63, 3.8) is 0 Å². The van der Waals surface area contributed by atoms with Crippen LogP contribution < -0.4 is 0 Å². The van der Waals surface area contributed by atoms with Crippen LogP contribution in [0.5, 0.6) is 0 Å². The summed E-state index contributed by atoms with van der Waals surface area (Å²) >= 11 is 0. The van der Waals surface area contributed by atoms with Crippen LogP contribution in [0.25, 0.3) is 0 Å². The number of nitrogens with zero attached hydrogens (tertiary/aromatic N) is 1. The van der Waals surface area contributed by atoms with Gasteiger partial charge in [-0.1, -0.05) is 43.2 Å². The molecule has 1 saturated carbocycles. The summed E-state index contributed by atoms with van der Waals surface area (Å²) in [5.74, 6) is 0. The fraction of sp³-hybridized carbons (Fsp3) is 0.571. The van der Waals surface area contributed by atoms with Crippen LogP contribution in [-0.2, 0) is 11.4 Å². The molecule has 1 aliphatic rings. The van der Waals surface area contributed by atoms with Crippen LogP contribution in [0.3, 0.4) is 0 Å². The second-order valence-corrected chi connectivity index (χ2v) is 4.66. The Morgan fingerprint density at radius 3 is 2.59 bits per heavy atom. The summed E-state index contributed by atoms with van der Waals surface area (Å²) in [5.41, 5.74) is 1.21. The molecule has 0 aromatic heterocycles. The molecule has 1 aromatic carbocycles. The van der Waals surface area contributed by atoms with E-state index < -0.39 is 0 Å². The summed E-state index contributed by atoms with van der Waals surface area (Å²) in [6.45, 7) is 0.735. The number of hydroxylamine groups is 2. The smallest absolute Gasteiger partial charge is 0.0718 e. The molecule has 0 heterocycles. The Kier molecular flexibility index (Phi) is 4.54. The lowest BCUT2D eigenvalue weighted by Crippen LogP contribution is -2.44. The summed E-state index contributed by atoms with van der Waals surface area (Å²) in [5, 5.41) is 11.9. The zero-order valence-electron chi connectivity index (χ0n) is 10.4. The van der Waals surface area contributed by atoms with Crippen molar-refractivity contribution in [2.45, 2.75) is 44.4 Å². The molecule has 1 fully saturated rings. The lowest BCUT2D eigenvalue weighted by atomic mass is 9.92. The van der Waals surface area contributed by atoms with E-state index in [1.807, 2.05) is 23.3 Å². The average molecular weight is 235 g/mol. The molecular formula is C14H21NO2. The van der Waals surface area contributed by atoms with Gasteiger partial charge in [0.2, 0.25) is 0 Å². The van der Waals surface area contributed by atoms with Crippen LogP contribution in [0.4, 0.5) is 0 Å². The normalized spacial score (nSPS) is 25.1. The van der Waals surface area contributed by atoms with Crippen LogP contribution in [-0.4, -0.2) is 29.4 Å². The molecule has 0 spiro atoms. The quantitative estimate of drug-likeness (QED) is 0.813. The van der Waals surface area contributed by atoms with Gasteiger partial charge in [0.1, 0.15) is 0 Å². The summed E-state index contributed by atoms with van der Waals surface area (Å²) in [6, 6.07) is 10.4. The second kappa shape index (κ2) is 6.15. The van der Waals surface area contributed by atoms with Crippen LogP contribution in [0, 0.1) is 0 Å². The maximum absolute atomic E-state index is 10.0. The van der Waals surface area contributed by atoms with Crippen molar-refractivity contribution >= 4 is 0 Å². The molecule has 94 valence electrons. The third-order valence-electron chi connectivity index (χ3n) is 3.48. The van der Waals surface area contributed by atoms with Crippen molar-refractivity contribution in [3.8, 4) is 0 Å². The van der Waals surface area contributed by atoms with Crippen molar-refractivity contribution < 1.29 is 9.94 Å². The SMILES string of the molecule is CON(Cc1ccccc1)C1CCCCC1O. The van der Waals surface area contributed by atoms with Gasteiger partial charge < -0.3 is 9.94 Å². The van der Waals surface area contributed by atoms with E-state index in [9.17, 15) is 5.11 Å². The first-order chi connectivity index (χ1) is 8.31. The first kappa shape index (κ1) is 12.6. The molecular weight excluding hydrogens is 214 g/mol. The maximum atomic E-state index is 10.0. The molecule has 0 aliphatic heterocycles. The zero-order chi connectivity index (χ0) is 12.1. The second-order valence-electron chi connectivity index (χ2n) is 4.66. The van der Waals surface area contributed by atoms with Crippen molar-refractivity contribution in [3.05, 3.63) is 35.9 Å². The van der Waals surface area contributed by atoms with E-state index in [1.165, 1.54) is 12.0 Å². The monoisotopic (exact) mass is 235 g/mol. The first-order valence-corrected chi connectivity index (χ1v) is 6.34. The topological polar surface area (TPSA) is 32.7 Å². The van der Waals surface area contributed by atoms with Gasteiger partial charge >= 0.3 is 0 Å². The maximum Gasteiger partial charge on any atom is 0.0718 e. The minimum Gasteiger partial charge on any atom is -0.391 e. The molecule has 2 unspecified atom stereocenters. The van der Waals surface area contributed by atoms with Crippen LogP contribution >= 0.6 is 0 Å². The van der Waals surface area contributed by atoms with Gasteiger partial charge in [0.05, 0.1) is 19.3 Å². The highest BCUT2D eigenvalue weighted by molar-refractivity contribution is 5.14. The highest BCUT2D eigenvalue weighted by Crippen LogP contribution is 2.24. The van der Waals surface area contributed by atoms with E-state index in [0.29, 0.717) is 0 Å².